The molecular formula is C13H13F3N2OS. The summed E-state index contributed by atoms with van der Waals surface area (Å²) in [5.41, 5.74) is -0.775. The number of thiophene rings is 1. The van der Waals surface area contributed by atoms with Crippen LogP contribution >= 0.6 is 11.3 Å². The molecule has 0 bridgehead atoms. The van der Waals surface area contributed by atoms with Crippen molar-refractivity contribution in [3.05, 3.63) is 40.1 Å². The van der Waals surface area contributed by atoms with Crippen molar-refractivity contribution in [3.63, 3.8) is 0 Å². The Hall–Kier alpha value is -1.76. The molecule has 108 valence electrons. The molecule has 2 heterocycles. The number of halogens is 3. The maximum atomic E-state index is 12.7. The first kappa shape index (κ1) is 14.6. The predicted octanol–water partition coefficient (Wildman–Crippen LogP) is 3.83. The van der Waals surface area contributed by atoms with Crippen molar-refractivity contribution < 1.29 is 17.9 Å². The van der Waals surface area contributed by atoms with Gasteiger partial charge in [0.2, 0.25) is 5.88 Å². The second-order valence-electron chi connectivity index (χ2n) is 4.00. The highest BCUT2D eigenvalue weighted by Gasteiger charge is 2.31. The summed E-state index contributed by atoms with van der Waals surface area (Å²) in [5, 5.41) is 4.54. The zero-order valence-corrected chi connectivity index (χ0v) is 11.5. The standard InChI is InChI=1S/C13H13F3N2OS/c1-17-11-7-9(13(14,15)16)8-12(18-11)19-5-4-10-3-2-6-20-10/h2-3,6-8H,4-5H2,1H3,(H,17,18). The van der Waals surface area contributed by atoms with Gasteiger partial charge in [-0.2, -0.15) is 18.2 Å². The lowest BCUT2D eigenvalue weighted by Crippen LogP contribution is -2.09. The van der Waals surface area contributed by atoms with Gasteiger partial charge in [0, 0.05) is 24.4 Å². The van der Waals surface area contributed by atoms with Crippen LogP contribution in [0, 0.1) is 0 Å². The Kier molecular flexibility index (Phi) is 4.49. The van der Waals surface area contributed by atoms with Crippen LogP contribution in [0.15, 0.2) is 29.6 Å². The fraction of sp³-hybridized carbons (Fsp3) is 0.308. The van der Waals surface area contributed by atoms with Crippen LogP contribution in [0.1, 0.15) is 10.4 Å². The third kappa shape index (κ3) is 3.86. The number of hydrogen-bond donors (Lipinski definition) is 1. The number of alkyl halides is 3. The van der Waals surface area contributed by atoms with Gasteiger partial charge in [0.1, 0.15) is 5.82 Å². The van der Waals surface area contributed by atoms with E-state index in [-0.39, 0.29) is 18.3 Å². The van der Waals surface area contributed by atoms with Crippen molar-refractivity contribution in [1.82, 2.24) is 4.98 Å². The van der Waals surface area contributed by atoms with Crippen LogP contribution in [0.4, 0.5) is 19.0 Å². The Bertz CT molecular complexity index is 555. The van der Waals surface area contributed by atoms with E-state index < -0.39 is 11.7 Å². The molecule has 0 aliphatic heterocycles. The first-order chi connectivity index (χ1) is 9.49. The molecule has 0 atom stereocenters. The second-order valence-corrected chi connectivity index (χ2v) is 5.04. The SMILES string of the molecule is CNc1cc(C(F)(F)F)cc(OCCc2cccs2)n1. The Balaban J connectivity index is 2.06. The average molecular weight is 302 g/mol. The second kappa shape index (κ2) is 6.13. The van der Waals surface area contributed by atoms with Crippen molar-refractivity contribution in [1.29, 1.82) is 0 Å². The van der Waals surface area contributed by atoms with E-state index >= 15 is 0 Å². The van der Waals surface area contributed by atoms with Gasteiger partial charge in [0.05, 0.1) is 12.2 Å². The number of aromatic nitrogens is 1. The molecule has 0 aromatic carbocycles. The monoisotopic (exact) mass is 302 g/mol. The van der Waals surface area contributed by atoms with Gasteiger partial charge in [-0.1, -0.05) is 6.07 Å². The quantitative estimate of drug-likeness (QED) is 0.911. The fourth-order valence-electron chi connectivity index (χ4n) is 1.58. The van der Waals surface area contributed by atoms with E-state index in [4.69, 9.17) is 4.74 Å². The van der Waals surface area contributed by atoms with Crippen molar-refractivity contribution >= 4 is 17.2 Å². The number of anilines is 1. The summed E-state index contributed by atoms with van der Waals surface area (Å²) in [4.78, 5) is 5.07. The smallest absolute Gasteiger partial charge is 0.416 e. The van der Waals surface area contributed by atoms with Gasteiger partial charge in [-0.05, 0) is 17.5 Å². The highest BCUT2D eigenvalue weighted by Crippen LogP contribution is 2.32. The molecule has 0 fully saturated rings. The van der Waals surface area contributed by atoms with Crippen LogP contribution in [-0.4, -0.2) is 18.6 Å². The average Bonchev–Trinajstić information content (AvgIpc) is 2.90. The zero-order valence-electron chi connectivity index (χ0n) is 10.7. The molecule has 2 aromatic heterocycles. The van der Waals surface area contributed by atoms with Crippen LogP contribution in [0.5, 0.6) is 5.88 Å². The molecule has 0 radical (unpaired) electrons. The Morgan fingerprint density at radius 1 is 1.35 bits per heavy atom. The van der Waals surface area contributed by atoms with Crippen molar-refractivity contribution in [3.8, 4) is 5.88 Å². The molecule has 0 spiro atoms. The normalized spacial score (nSPS) is 11.4. The van der Waals surface area contributed by atoms with E-state index in [0.717, 1.165) is 17.0 Å². The molecule has 0 unspecified atom stereocenters. The molecule has 0 saturated heterocycles. The van der Waals surface area contributed by atoms with Crippen molar-refractivity contribution in [2.24, 2.45) is 0 Å². The molecule has 0 amide bonds. The summed E-state index contributed by atoms with van der Waals surface area (Å²) >= 11 is 1.58. The molecule has 20 heavy (non-hydrogen) atoms. The third-order valence-corrected chi connectivity index (χ3v) is 3.50. The maximum absolute atomic E-state index is 12.7. The molecule has 0 saturated carbocycles. The molecule has 7 heteroatoms. The van der Waals surface area contributed by atoms with Crippen molar-refractivity contribution in [2.45, 2.75) is 12.6 Å². The summed E-state index contributed by atoms with van der Waals surface area (Å²) in [6.07, 6.45) is -3.77. The number of nitrogens with zero attached hydrogens (tertiary/aromatic N) is 1. The largest absolute Gasteiger partial charge is 0.477 e. The minimum atomic E-state index is -4.42. The predicted molar refractivity (Wildman–Crippen MR) is 72.3 cm³/mol. The van der Waals surface area contributed by atoms with Crippen LogP contribution in [0.25, 0.3) is 0 Å². The number of nitrogens with one attached hydrogen (secondary N) is 1. The Morgan fingerprint density at radius 3 is 2.75 bits per heavy atom. The molecule has 3 nitrogen and oxygen atoms in total. The van der Waals surface area contributed by atoms with E-state index in [1.807, 2.05) is 17.5 Å². The lowest BCUT2D eigenvalue weighted by Gasteiger charge is -2.11. The van der Waals surface area contributed by atoms with E-state index in [0.29, 0.717) is 6.42 Å². The Morgan fingerprint density at radius 2 is 2.15 bits per heavy atom. The molecular weight excluding hydrogens is 289 g/mol. The lowest BCUT2D eigenvalue weighted by atomic mass is 10.2. The van der Waals surface area contributed by atoms with E-state index in [9.17, 15) is 13.2 Å². The van der Waals surface area contributed by atoms with Gasteiger partial charge in [-0.3, -0.25) is 0 Å². The minimum Gasteiger partial charge on any atom is -0.477 e. The topological polar surface area (TPSA) is 34.1 Å². The Labute approximate surface area is 118 Å². The summed E-state index contributed by atoms with van der Waals surface area (Å²) in [6.45, 7) is 0.290. The molecule has 0 aliphatic rings. The van der Waals surface area contributed by atoms with E-state index in [2.05, 4.69) is 10.3 Å². The number of pyridine rings is 1. The van der Waals surface area contributed by atoms with Crippen LogP contribution in [-0.2, 0) is 12.6 Å². The molecule has 1 N–H and O–H groups in total. The van der Waals surface area contributed by atoms with Gasteiger partial charge >= 0.3 is 6.18 Å². The fourth-order valence-corrected chi connectivity index (χ4v) is 2.27. The zero-order chi connectivity index (χ0) is 14.6. The summed E-state index contributed by atoms with van der Waals surface area (Å²) < 4.78 is 43.5. The summed E-state index contributed by atoms with van der Waals surface area (Å²) in [6, 6.07) is 5.73. The van der Waals surface area contributed by atoms with Crippen LogP contribution in [0.2, 0.25) is 0 Å². The minimum absolute atomic E-state index is 0.0271. The lowest BCUT2D eigenvalue weighted by molar-refractivity contribution is -0.137. The van der Waals surface area contributed by atoms with Gasteiger partial charge in [-0.15, -0.1) is 11.3 Å². The number of rotatable bonds is 5. The number of hydrogen-bond acceptors (Lipinski definition) is 4. The van der Waals surface area contributed by atoms with Crippen LogP contribution < -0.4 is 10.1 Å². The van der Waals surface area contributed by atoms with E-state index in [1.54, 1.807) is 11.3 Å². The van der Waals surface area contributed by atoms with Gasteiger partial charge in [-0.25, -0.2) is 0 Å². The van der Waals surface area contributed by atoms with Gasteiger partial charge in [0.25, 0.3) is 0 Å². The molecule has 0 aliphatic carbocycles. The number of ether oxygens (including phenoxy) is 1. The van der Waals surface area contributed by atoms with Crippen LogP contribution in [0.3, 0.4) is 0 Å². The van der Waals surface area contributed by atoms with E-state index in [1.165, 1.54) is 7.05 Å². The van der Waals surface area contributed by atoms with Gasteiger partial charge in [0.15, 0.2) is 0 Å². The van der Waals surface area contributed by atoms with Crippen molar-refractivity contribution in [2.75, 3.05) is 19.0 Å². The molecule has 2 rings (SSSR count). The highest BCUT2D eigenvalue weighted by molar-refractivity contribution is 7.09. The first-order valence-corrected chi connectivity index (χ1v) is 6.79. The first-order valence-electron chi connectivity index (χ1n) is 5.91. The third-order valence-electron chi connectivity index (χ3n) is 2.56. The molecule has 2 aromatic rings. The van der Waals surface area contributed by atoms with Gasteiger partial charge < -0.3 is 10.1 Å². The highest BCUT2D eigenvalue weighted by atomic mass is 32.1. The maximum Gasteiger partial charge on any atom is 0.416 e. The summed E-state index contributed by atoms with van der Waals surface area (Å²) in [5.74, 6) is 0.103. The summed E-state index contributed by atoms with van der Waals surface area (Å²) in [7, 11) is 1.51.